The van der Waals surface area contributed by atoms with Crippen LogP contribution >= 0.6 is 0 Å². The van der Waals surface area contributed by atoms with Gasteiger partial charge in [-0.15, -0.1) is 0 Å². The Hall–Kier alpha value is -0.720. The van der Waals surface area contributed by atoms with E-state index in [4.69, 9.17) is 10.8 Å². The summed E-state index contributed by atoms with van der Waals surface area (Å²) in [5.74, 6) is 0.282. The monoisotopic (exact) mass is 127 g/mol. The summed E-state index contributed by atoms with van der Waals surface area (Å²) in [6.07, 6.45) is 0. The van der Waals surface area contributed by atoms with Crippen LogP contribution in [0.5, 0.6) is 0 Å². The van der Waals surface area contributed by atoms with Crippen molar-refractivity contribution in [2.45, 2.75) is 19.9 Å². The molecule has 0 aliphatic rings. The molecule has 0 aromatic heterocycles. The van der Waals surface area contributed by atoms with Crippen LogP contribution in [0.25, 0.3) is 0 Å². The van der Waals surface area contributed by atoms with Crippen LogP contribution in [-0.2, 0) is 0 Å². The van der Waals surface area contributed by atoms with E-state index in [1.807, 2.05) is 13.8 Å². The molecule has 0 spiro atoms. The van der Waals surface area contributed by atoms with Crippen molar-refractivity contribution in [3.8, 4) is 0 Å². The van der Waals surface area contributed by atoms with Crippen LogP contribution in [-0.4, -0.2) is 11.1 Å². The molecular weight excluding hydrogens is 114 g/mol. The summed E-state index contributed by atoms with van der Waals surface area (Å²) < 4.78 is 0. The van der Waals surface area contributed by atoms with Crippen molar-refractivity contribution in [2.24, 2.45) is 11.7 Å². The molecule has 0 aliphatic carbocycles. The predicted octanol–water partition coefficient (Wildman–Crippen LogP) is 1.20. The zero-order chi connectivity index (χ0) is 7.44. The van der Waals surface area contributed by atoms with E-state index in [1.54, 1.807) is 0 Å². The maximum Gasteiger partial charge on any atom is 0.151 e. The van der Waals surface area contributed by atoms with Crippen molar-refractivity contribution < 1.29 is 5.11 Å². The summed E-state index contributed by atoms with van der Waals surface area (Å²) in [6, 6.07) is -0.317. The van der Waals surface area contributed by atoms with Gasteiger partial charge in [-0.1, -0.05) is 26.2 Å². The molecule has 0 amide bonds. The van der Waals surface area contributed by atoms with Crippen LogP contribution < -0.4 is 5.73 Å². The summed E-state index contributed by atoms with van der Waals surface area (Å²) in [5.41, 5.74) is 7.82. The van der Waals surface area contributed by atoms with Crippen LogP contribution in [0.2, 0.25) is 0 Å². The molecule has 0 rings (SSSR count). The standard InChI is InChI=1S/C7H13NO/c1-4-6(9)7(8)5(2)3/h5,7,9H,1,8H2,2-3H3/t7-/m0/s1. The third-order valence-electron chi connectivity index (χ3n) is 1.22. The summed E-state index contributed by atoms with van der Waals surface area (Å²) in [5, 5.41) is 8.91. The largest absolute Gasteiger partial charge is 0.503 e. The molecule has 52 valence electrons. The van der Waals surface area contributed by atoms with Gasteiger partial charge in [-0.3, -0.25) is 0 Å². The minimum atomic E-state index is -0.317. The van der Waals surface area contributed by atoms with Crippen LogP contribution in [0.1, 0.15) is 13.8 Å². The summed E-state index contributed by atoms with van der Waals surface area (Å²) in [7, 11) is 0. The lowest BCUT2D eigenvalue weighted by Gasteiger charge is -2.11. The van der Waals surface area contributed by atoms with Crippen LogP contribution in [0, 0.1) is 5.92 Å². The highest BCUT2D eigenvalue weighted by molar-refractivity contribution is 4.98. The lowest BCUT2D eigenvalue weighted by atomic mass is 10.0. The highest BCUT2D eigenvalue weighted by Gasteiger charge is 2.10. The molecule has 0 aromatic carbocycles. The first kappa shape index (κ1) is 8.28. The molecule has 0 radical (unpaired) electrons. The maximum absolute atomic E-state index is 8.91. The van der Waals surface area contributed by atoms with Gasteiger partial charge in [0.15, 0.2) is 5.76 Å². The molecule has 0 saturated heterocycles. The van der Waals surface area contributed by atoms with Gasteiger partial charge in [0, 0.05) is 0 Å². The quantitative estimate of drug-likeness (QED) is 0.432. The Kier molecular flexibility index (Phi) is 3.07. The van der Waals surface area contributed by atoms with Crippen LogP contribution in [0.4, 0.5) is 0 Å². The number of rotatable bonds is 2. The lowest BCUT2D eigenvalue weighted by molar-refractivity contribution is 0.335. The van der Waals surface area contributed by atoms with Gasteiger partial charge in [-0.2, -0.15) is 0 Å². The topological polar surface area (TPSA) is 46.2 Å². The molecule has 0 heterocycles. The fraction of sp³-hybridized carbons (Fsp3) is 0.571. The van der Waals surface area contributed by atoms with Crippen molar-refractivity contribution in [3.63, 3.8) is 0 Å². The number of aliphatic hydroxyl groups is 1. The van der Waals surface area contributed by atoms with Crippen molar-refractivity contribution in [1.82, 2.24) is 0 Å². The second kappa shape index (κ2) is 3.33. The fourth-order valence-corrected chi connectivity index (χ4v) is 0.434. The van der Waals surface area contributed by atoms with Crippen LogP contribution in [0.15, 0.2) is 18.1 Å². The molecule has 0 saturated carbocycles. The molecule has 0 unspecified atom stereocenters. The minimum absolute atomic E-state index is 0.0463. The summed E-state index contributed by atoms with van der Waals surface area (Å²) >= 11 is 0. The Bertz CT molecular complexity index is 134. The first-order chi connectivity index (χ1) is 4.09. The van der Waals surface area contributed by atoms with E-state index in [-0.39, 0.29) is 17.7 Å². The first-order valence-corrected chi connectivity index (χ1v) is 2.94. The second-order valence-corrected chi connectivity index (χ2v) is 2.33. The normalized spacial score (nSPS) is 12.9. The van der Waals surface area contributed by atoms with Crippen molar-refractivity contribution in [1.29, 1.82) is 0 Å². The van der Waals surface area contributed by atoms with Gasteiger partial charge in [0.05, 0.1) is 6.04 Å². The van der Waals surface area contributed by atoms with E-state index in [2.05, 4.69) is 12.3 Å². The van der Waals surface area contributed by atoms with Gasteiger partial charge < -0.3 is 10.8 Å². The molecule has 0 bridgehead atoms. The molecule has 2 heteroatoms. The van der Waals surface area contributed by atoms with E-state index >= 15 is 0 Å². The van der Waals surface area contributed by atoms with Gasteiger partial charge in [-0.25, -0.2) is 0 Å². The zero-order valence-electron chi connectivity index (χ0n) is 5.89. The molecular formula is C7H13NO. The Balaban J connectivity index is 4.04. The highest BCUT2D eigenvalue weighted by atomic mass is 16.3. The van der Waals surface area contributed by atoms with E-state index in [9.17, 15) is 0 Å². The highest BCUT2D eigenvalue weighted by Crippen LogP contribution is 2.04. The zero-order valence-corrected chi connectivity index (χ0v) is 5.89. The Morgan fingerprint density at radius 3 is 2.22 bits per heavy atom. The van der Waals surface area contributed by atoms with Gasteiger partial charge in [0.2, 0.25) is 0 Å². The average Bonchev–Trinajstić information content (AvgIpc) is 1.84. The van der Waals surface area contributed by atoms with E-state index in [1.165, 1.54) is 0 Å². The summed E-state index contributed by atoms with van der Waals surface area (Å²) in [6.45, 7) is 7.13. The number of hydrogen-bond donors (Lipinski definition) is 2. The number of hydrogen-bond acceptors (Lipinski definition) is 2. The van der Waals surface area contributed by atoms with Crippen molar-refractivity contribution in [2.75, 3.05) is 0 Å². The molecule has 0 aromatic rings. The van der Waals surface area contributed by atoms with E-state index in [0.29, 0.717) is 0 Å². The van der Waals surface area contributed by atoms with Gasteiger partial charge in [0.1, 0.15) is 0 Å². The molecule has 0 fully saturated rings. The second-order valence-electron chi connectivity index (χ2n) is 2.33. The van der Waals surface area contributed by atoms with E-state index < -0.39 is 0 Å². The molecule has 2 nitrogen and oxygen atoms in total. The Morgan fingerprint density at radius 1 is 1.67 bits per heavy atom. The SMILES string of the molecule is C=C=C(O)[C@@H](N)C(C)C. The lowest BCUT2D eigenvalue weighted by Crippen LogP contribution is -2.28. The maximum atomic E-state index is 8.91. The van der Waals surface area contributed by atoms with Gasteiger partial charge in [-0.05, 0) is 5.92 Å². The fourth-order valence-electron chi connectivity index (χ4n) is 0.434. The summed E-state index contributed by atoms with van der Waals surface area (Å²) in [4.78, 5) is 0. The Labute approximate surface area is 55.7 Å². The van der Waals surface area contributed by atoms with E-state index in [0.717, 1.165) is 0 Å². The third-order valence-corrected chi connectivity index (χ3v) is 1.22. The molecule has 1 atom stereocenters. The Morgan fingerprint density at radius 2 is 2.11 bits per heavy atom. The molecule has 9 heavy (non-hydrogen) atoms. The first-order valence-electron chi connectivity index (χ1n) is 2.94. The van der Waals surface area contributed by atoms with Crippen molar-refractivity contribution in [3.05, 3.63) is 18.1 Å². The molecule has 3 N–H and O–H groups in total. The molecule has 0 aliphatic heterocycles. The van der Waals surface area contributed by atoms with Gasteiger partial charge in [0.25, 0.3) is 0 Å². The van der Waals surface area contributed by atoms with Crippen LogP contribution in [0.3, 0.4) is 0 Å². The van der Waals surface area contributed by atoms with Crippen molar-refractivity contribution >= 4 is 0 Å². The average molecular weight is 127 g/mol. The van der Waals surface area contributed by atoms with Gasteiger partial charge >= 0.3 is 0 Å². The number of nitrogens with two attached hydrogens (primary N) is 1. The smallest absolute Gasteiger partial charge is 0.151 e. The third kappa shape index (κ3) is 2.36. The predicted molar refractivity (Wildman–Crippen MR) is 38.1 cm³/mol. The number of aliphatic hydroxyl groups excluding tert-OH is 1. The minimum Gasteiger partial charge on any atom is -0.503 e.